The molecule has 0 aliphatic rings. The summed E-state index contributed by atoms with van der Waals surface area (Å²) in [6.45, 7) is 5.11. The molecule has 0 atom stereocenters. The van der Waals surface area contributed by atoms with Gasteiger partial charge in [-0.05, 0) is 13.8 Å². The van der Waals surface area contributed by atoms with Crippen molar-refractivity contribution >= 4 is 5.91 Å². The van der Waals surface area contributed by atoms with E-state index in [9.17, 15) is 9.59 Å². The lowest BCUT2D eigenvalue weighted by Gasteiger charge is -2.04. The van der Waals surface area contributed by atoms with Crippen LogP contribution in [-0.4, -0.2) is 30.6 Å². The number of carbonyl (C=O) groups is 1. The second kappa shape index (κ2) is 6.07. The van der Waals surface area contributed by atoms with Gasteiger partial charge in [0.05, 0.1) is 6.61 Å². The van der Waals surface area contributed by atoms with Gasteiger partial charge in [0, 0.05) is 31.1 Å². The molecule has 0 aromatic carbocycles. The smallest absolute Gasteiger partial charge is 0.256 e. The first-order valence-corrected chi connectivity index (χ1v) is 5.20. The molecule has 0 saturated carbocycles. The number of carbonyl (C=O) groups excluding carboxylic acids is 1. The molecule has 0 unspecified atom stereocenters. The first-order chi connectivity index (χ1) is 7.65. The number of pyridine rings is 1. The Morgan fingerprint density at radius 1 is 1.56 bits per heavy atom. The van der Waals surface area contributed by atoms with E-state index in [1.807, 2.05) is 6.92 Å². The molecule has 1 aromatic heterocycles. The van der Waals surface area contributed by atoms with Crippen LogP contribution in [0.5, 0.6) is 0 Å². The highest BCUT2D eigenvalue weighted by molar-refractivity contribution is 5.93. The SMILES string of the molecule is CCOCCNC(=O)c1c[nH]c(C)cc1=O. The zero-order chi connectivity index (χ0) is 12.0. The summed E-state index contributed by atoms with van der Waals surface area (Å²) < 4.78 is 5.07. The van der Waals surface area contributed by atoms with Gasteiger partial charge >= 0.3 is 0 Å². The van der Waals surface area contributed by atoms with Crippen LogP contribution in [0.25, 0.3) is 0 Å². The molecule has 0 radical (unpaired) electrons. The molecule has 16 heavy (non-hydrogen) atoms. The van der Waals surface area contributed by atoms with Crippen LogP contribution in [0, 0.1) is 6.92 Å². The number of ether oxygens (including phenoxy) is 1. The molecule has 0 saturated heterocycles. The summed E-state index contributed by atoms with van der Waals surface area (Å²) >= 11 is 0. The Kier molecular flexibility index (Phi) is 4.72. The predicted molar refractivity (Wildman–Crippen MR) is 60.6 cm³/mol. The Labute approximate surface area is 93.8 Å². The molecule has 5 nitrogen and oxygen atoms in total. The molecule has 88 valence electrons. The summed E-state index contributed by atoms with van der Waals surface area (Å²) in [5.74, 6) is -0.374. The standard InChI is InChI=1S/C11H16N2O3/c1-3-16-5-4-12-11(15)9-7-13-8(2)6-10(9)14/h6-7H,3-5H2,1-2H3,(H,12,15)(H,13,14). The third kappa shape index (κ3) is 3.51. The van der Waals surface area contributed by atoms with E-state index < -0.39 is 0 Å². The minimum atomic E-state index is -0.374. The van der Waals surface area contributed by atoms with E-state index in [2.05, 4.69) is 10.3 Å². The molecule has 0 aliphatic carbocycles. The largest absolute Gasteiger partial charge is 0.380 e. The van der Waals surface area contributed by atoms with E-state index in [-0.39, 0.29) is 16.9 Å². The molecule has 0 spiro atoms. The average molecular weight is 224 g/mol. The van der Waals surface area contributed by atoms with Crippen molar-refractivity contribution in [3.8, 4) is 0 Å². The topological polar surface area (TPSA) is 71.2 Å². The number of aromatic nitrogens is 1. The van der Waals surface area contributed by atoms with E-state index >= 15 is 0 Å². The van der Waals surface area contributed by atoms with Gasteiger partial charge in [0.25, 0.3) is 5.91 Å². The third-order valence-electron chi connectivity index (χ3n) is 2.04. The molecule has 1 heterocycles. The minimum absolute atomic E-state index is 0.127. The molecular formula is C11H16N2O3. The Morgan fingerprint density at radius 2 is 2.31 bits per heavy atom. The van der Waals surface area contributed by atoms with Crippen molar-refractivity contribution in [3.63, 3.8) is 0 Å². The number of aryl methyl sites for hydroxylation is 1. The Balaban J connectivity index is 2.56. The molecule has 1 rings (SSSR count). The van der Waals surface area contributed by atoms with Gasteiger partial charge in [0.1, 0.15) is 5.56 Å². The van der Waals surface area contributed by atoms with Crippen molar-refractivity contribution in [2.45, 2.75) is 13.8 Å². The fourth-order valence-corrected chi connectivity index (χ4v) is 1.23. The van der Waals surface area contributed by atoms with Gasteiger partial charge in [0.15, 0.2) is 5.43 Å². The molecular weight excluding hydrogens is 208 g/mol. The van der Waals surface area contributed by atoms with Gasteiger partial charge in [-0.3, -0.25) is 9.59 Å². The fourth-order valence-electron chi connectivity index (χ4n) is 1.23. The van der Waals surface area contributed by atoms with Gasteiger partial charge in [-0.1, -0.05) is 0 Å². The number of H-pyrrole nitrogens is 1. The van der Waals surface area contributed by atoms with Crippen molar-refractivity contribution in [2.75, 3.05) is 19.8 Å². The molecule has 1 aromatic rings. The summed E-state index contributed by atoms with van der Waals surface area (Å²) in [7, 11) is 0. The van der Waals surface area contributed by atoms with Gasteiger partial charge in [-0.15, -0.1) is 0 Å². The van der Waals surface area contributed by atoms with E-state index in [1.54, 1.807) is 6.92 Å². The number of amides is 1. The summed E-state index contributed by atoms with van der Waals surface area (Å²) in [5, 5.41) is 2.61. The average Bonchev–Trinajstić information content (AvgIpc) is 2.24. The highest BCUT2D eigenvalue weighted by Gasteiger charge is 2.08. The molecule has 0 aliphatic heterocycles. The molecule has 5 heteroatoms. The number of rotatable bonds is 5. The first-order valence-electron chi connectivity index (χ1n) is 5.20. The van der Waals surface area contributed by atoms with Crippen molar-refractivity contribution in [1.82, 2.24) is 10.3 Å². The van der Waals surface area contributed by atoms with E-state index in [0.29, 0.717) is 19.8 Å². The minimum Gasteiger partial charge on any atom is -0.380 e. The number of aromatic amines is 1. The molecule has 0 fully saturated rings. The predicted octanol–water partition coefficient (Wildman–Crippen LogP) is 0.450. The third-order valence-corrected chi connectivity index (χ3v) is 2.04. The van der Waals surface area contributed by atoms with E-state index in [1.165, 1.54) is 12.3 Å². The number of hydrogen-bond acceptors (Lipinski definition) is 3. The van der Waals surface area contributed by atoms with Crippen LogP contribution in [0.4, 0.5) is 0 Å². The summed E-state index contributed by atoms with van der Waals surface area (Å²) in [4.78, 5) is 25.8. The summed E-state index contributed by atoms with van der Waals surface area (Å²) in [6.07, 6.45) is 1.42. The maximum absolute atomic E-state index is 11.6. The van der Waals surface area contributed by atoms with Crippen LogP contribution >= 0.6 is 0 Å². The van der Waals surface area contributed by atoms with Gasteiger partial charge in [0.2, 0.25) is 0 Å². The van der Waals surface area contributed by atoms with Crippen LogP contribution in [0.2, 0.25) is 0 Å². The Morgan fingerprint density at radius 3 is 2.94 bits per heavy atom. The maximum Gasteiger partial charge on any atom is 0.256 e. The number of hydrogen-bond donors (Lipinski definition) is 2. The molecule has 0 bridgehead atoms. The van der Waals surface area contributed by atoms with Gasteiger partial charge < -0.3 is 15.0 Å². The zero-order valence-electron chi connectivity index (χ0n) is 9.50. The van der Waals surface area contributed by atoms with Crippen LogP contribution in [0.15, 0.2) is 17.1 Å². The van der Waals surface area contributed by atoms with Crippen molar-refractivity contribution in [3.05, 3.63) is 33.7 Å². The van der Waals surface area contributed by atoms with Crippen LogP contribution in [0.3, 0.4) is 0 Å². The van der Waals surface area contributed by atoms with E-state index in [4.69, 9.17) is 4.74 Å². The summed E-state index contributed by atoms with van der Waals surface area (Å²) in [5.41, 5.74) is 0.586. The second-order valence-electron chi connectivity index (χ2n) is 3.35. The van der Waals surface area contributed by atoms with Crippen LogP contribution in [-0.2, 0) is 4.74 Å². The monoisotopic (exact) mass is 224 g/mol. The van der Waals surface area contributed by atoms with Crippen LogP contribution < -0.4 is 10.7 Å². The van der Waals surface area contributed by atoms with Gasteiger partial charge in [-0.25, -0.2) is 0 Å². The second-order valence-corrected chi connectivity index (χ2v) is 3.35. The Bertz CT molecular complexity index is 412. The normalized spacial score (nSPS) is 10.1. The molecule has 2 N–H and O–H groups in total. The lowest BCUT2D eigenvalue weighted by Crippen LogP contribution is -2.31. The lowest BCUT2D eigenvalue weighted by atomic mass is 10.2. The first kappa shape index (κ1) is 12.4. The molecule has 1 amide bonds. The van der Waals surface area contributed by atoms with Gasteiger partial charge in [-0.2, -0.15) is 0 Å². The zero-order valence-corrected chi connectivity index (χ0v) is 9.50. The van der Waals surface area contributed by atoms with Crippen LogP contribution in [0.1, 0.15) is 23.0 Å². The highest BCUT2D eigenvalue weighted by Crippen LogP contribution is 1.91. The van der Waals surface area contributed by atoms with Crippen molar-refractivity contribution in [2.24, 2.45) is 0 Å². The maximum atomic E-state index is 11.6. The van der Waals surface area contributed by atoms with E-state index in [0.717, 1.165) is 5.69 Å². The summed E-state index contributed by atoms with van der Waals surface area (Å²) in [6, 6.07) is 1.40. The fraction of sp³-hybridized carbons (Fsp3) is 0.455. The highest BCUT2D eigenvalue weighted by atomic mass is 16.5. The number of nitrogens with one attached hydrogen (secondary N) is 2. The quantitative estimate of drug-likeness (QED) is 0.713. The van der Waals surface area contributed by atoms with Crippen molar-refractivity contribution in [1.29, 1.82) is 0 Å². The Hall–Kier alpha value is -1.62. The lowest BCUT2D eigenvalue weighted by molar-refractivity contribution is 0.0921. The van der Waals surface area contributed by atoms with Crippen molar-refractivity contribution < 1.29 is 9.53 Å².